The first-order valence-corrected chi connectivity index (χ1v) is 14.3. The summed E-state index contributed by atoms with van der Waals surface area (Å²) in [7, 11) is 1.72. The average molecular weight is 567 g/mol. The third kappa shape index (κ3) is 10.7. The lowest BCUT2D eigenvalue weighted by Crippen LogP contribution is -2.03. The number of carbonyl (C=O) groups excluding carboxylic acids is 1. The summed E-state index contributed by atoms with van der Waals surface area (Å²) in [5, 5.41) is 0. The Hall–Kier alpha value is -3.71. The quantitative estimate of drug-likeness (QED) is 0.0827. The van der Waals surface area contributed by atoms with Crippen molar-refractivity contribution in [3.05, 3.63) is 85.0 Å². The molecule has 220 valence electrons. The van der Waals surface area contributed by atoms with Crippen molar-refractivity contribution in [1.82, 2.24) is 0 Å². The molecule has 0 unspecified atom stereocenters. The van der Waals surface area contributed by atoms with E-state index in [4.69, 9.17) is 18.9 Å². The van der Waals surface area contributed by atoms with E-state index in [1.165, 1.54) is 6.07 Å². The Kier molecular flexibility index (Phi) is 13.9. The third-order valence-electron chi connectivity index (χ3n) is 6.65. The van der Waals surface area contributed by atoms with Crippen molar-refractivity contribution < 1.29 is 32.5 Å². The van der Waals surface area contributed by atoms with Gasteiger partial charge in [-0.2, -0.15) is 4.39 Å². The second kappa shape index (κ2) is 17.9. The van der Waals surface area contributed by atoms with E-state index in [-0.39, 0.29) is 17.9 Å². The van der Waals surface area contributed by atoms with Crippen molar-refractivity contribution in [3.8, 4) is 33.8 Å². The van der Waals surface area contributed by atoms with E-state index < -0.39 is 17.6 Å². The van der Waals surface area contributed by atoms with Crippen LogP contribution in [0, 0.1) is 11.6 Å². The van der Waals surface area contributed by atoms with E-state index in [1.807, 2.05) is 36.4 Å². The van der Waals surface area contributed by atoms with E-state index >= 15 is 0 Å². The van der Waals surface area contributed by atoms with Gasteiger partial charge in [0.2, 0.25) is 5.82 Å². The molecule has 3 aromatic rings. The Bertz CT molecular complexity index is 1210. The minimum absolute atomic E-state index is 0.101. The molecule has 41 heavy (non-hydrogen) atoms. The summed E-state index contributed by atoms with van der Waals surface area (Å²) in [6, 6.07) is 18.2. The molecule has 0 bridgehead atoms. The summed E-state index contributed by atoms with van der Waals surface area (Å²) in [6.07, 6.45) is 8.55. The number of carbonyl (C=O) groups is 1. The number of rotatable bonds is 19. The van der Waals surface area contributed by atoms with E-state index in [1.54, 1.807) is 25.3 Å². The number of esters is 1. The number of benzene rings is 3. The second-order valence-corrected chi connectivity index (χ2v) is 9.73. The molecule has 0 N–H and O–H groups in total. The van der Waals surface area contributed by atoms with Crippen LogP contribution in [0.4, 0.5) is 8.78 Å². The molecule has 0 radical (unpaired) electrons. The Balaban J connectivity index is 1.46. The smallest absolute Gasteiger partial charge is 0.330 e. The van der Waals surface area contributed by atoms with Crippen LogP contribution in [0.3, 0.4) is 0 Å². The minimum Gasteiger partial charge on any atom is -0.494 e. The number of ether oxygens (including phenoxy) is 4. The van der Waals surface area contributed by atoms with Gasteiger partial charge >= 0.3 is 5.97 Å². The van der Waals surface area contributed by atoms with Gasteiger partial charge in [-0.3, -0.25) is 0 Å². The second-order valence-electron chi connectivity index (χ2n) is 9.73. The summed E-state index contributed by atoms with van der Waals surface area (Å²) in [4.78, 5) is 11.0. The van der Waals surface area contributed by atoms with Crippen molar-refractivity contribution in [2.45, 2.75) is 51.4 Å². The van der Waals surface area contributed by atoms with Gasteiger partial charge in [0.15, 0.2) is 11.6 Å². The van der Waals surface area contributed by atoms with E-state index in [9.17, 15) is 13.6 Å². The highest BCUT2D eigenvalue weighted by atomic mass is 19.2. The summed E-state index contributed by atoms with van der Waals surface area (Å²) in [6.45, 7) is 5.44. The Morgan fingerprint density at radius 2 is 1.20 bits per heavy atom. The molecule has 0 atom stereocenters. The lowest BCUT2D eigenvalue weighted by molar-refractivity contribution is -0.137. The van der Waals surface area contributed by atoms with Gasteiger partial charge in [0.25, 0.3) is 0 Å². The Morgan fingerprint density at radius 3 is 1.80 bits per heavy atom. The summed E-state index contributed by atoms with van der Waals surface area (Å²) >= 11 is 0. The highest BCUT2D eigenvalue weighted by molar-refractivity contribution is 5.81. The SMILES string of the molecule is C=CC(=O)OCCCCCCOc1ccc(-c2ccc(-c3ccc(OCCCCCCOC)cc3)cc2)c(F)c1F. The van der Waals surface area contributed by atoms with Crippen LogP contribution in [0.2, 0.25) is 0 Å². The van der Waals surface area contributed by atoms with E-state index in [2.05, 4.69) is 6.58 Å². The molecule has 0 heterocycles. The van der Waals surface area contributed by atoms with Crippen LogP contribution in [-0.4, -0.2) is 39.5 Å². The molecular formula is C34H40F2O5. The maximum atomic E-state index is 14.9. The number of hydrogen-bond acceptors (Lipinski definition) is 5. The van der Waals surface area contributed by atoms with Gasteiger partial charge in [-0.1, -0.05) is 49.4 Å². The van der Waals surface area contributed by atoms with Crippen LogP contribution in [0.1, 0.15) is 51.4 Å². The van der Waals surface area contributed by atoms with Crippen molar-refractivity contribution >= 4 is 5.97 Å². The van der Waals surface area contributed by atoms with Gasteiger partial charge < -0.3 is 18.9 Å². The first-order valence-electron chi connectivity index (χ1n) is 14.3. The zero-order chi connectivity index (χ0) is 29.3. The van der Waals surface area contributed by atoms with Gasteiger partial charge in [-0.15, -0.1) is 0 Å². The topological polar surface area (TPSA) is 54.0 Å². The van der Waals surface area contributed by atoms with Crippen molar-refractivity contribution in [3.63, 3.8) is 0 Å². The zero-order valence-electron chi connectivity index (χ0n) is 23.8. The normalized spacial score (nSPS) is 10.8. The third-order valence-corrected chi connectivity index (χ3v) is 6.65. The van der Waals surface area contributed by atoms with E-state index in [0.717, 1.165) is 74.5 Å². The fourth-order valence-corrected chi connectivity index (χ4v) is 4.32. The predicted octanol–water partition coefficient (Wildman–Crippen LogP) is 8.55. The molecule has 0 spiro atoms. The molecule has 0 saturated carbocycles. The summed E-state index contributed by atoms with van der Waals surface area (Å²) in [5.41, 5.74) is 2.75. The molecule has 0 aromatic heterocycles. The maximum absolute atomic E-state index is 14.9. The first kappa shape index (κ1) is 31.8. The number of unbranched alkanes of at least 4 members (excludes halogenated alkanes) is 6. The van der Waals surface area contributed by atoms with Gasteiger partial charge in [-0.05, 0) is 85.9 Å². The standard InChI is InChI=1S/C34H40F2O5/c1-3-32(37)41-25-11-7-6-10-24-40-31-21-20-30(33(35)34(31)36)28-14-12-26(13-15-28)27-16-18-29(19-17-27)39-23-9-5-4-8-22-38-2/h3,12-21H,1,4-11,22-25H2,2H3. The fraction of sp³-hybridized carbons (Fsp3) is 0.382. The van der Waals surface area contributed by atoms with Crippen molar-refractivity contribution in [2.75, 3.05) is 33.5 Å². The van der Waals surface area contributed by atoms with Crippen molar-refractivity contribution in [2.24, 2.45) is 0 Å². The lowest BCUT2D eigenvalue weighted by Gasteiger charge is -2.11. The Morgan fingerprint density at radius 1 is 0.659 bits per heavy atom. The monoisotopic (exact) mass is 566 g/mol. The van der Waals surface area contributed by atoms with Crippen LogP contribution in [0.25, 0.3) is 22.3 Å². The first-order chi connectivity index (χ1) is 20.0. The molecule has 7 heteroatoms. The van der Waals surface area contributed by atoms with Crippen LogP contribution in [0.5, 0.6) is 11.5 Å². The molecular weight excluding hydrogens is 526 g/mol. The van der Waals surface area contributed by atoms with Crippen LogP contribution in [-0.2, 0) is 14.3 Å². The van der Waals surface area contributed by atoms with Gasteiger partial charge in [0.05, 0.1) is 19.8 Å². The summed E-state index contributed by atoms with van der Waals surface area (Å²) in [5.74, 6) is -1.63. The molecule has 3 rings (SSSR count). The number of hydrogen-bond donors (Lipinski definition) is 0. The zero-order valence-corrected chi connectivity index (χ0v) is 23.8. The summed E-state index contributed by atoms with van der Waals surface area (Å²) < 4.78 is 50.9. The fourth-order valence-electron chi connectivity index (χ4n) is 4.32. The minimum atomic E-state index is -0.992. The van der Waals surface area contributed by atoms with Crippen molar-refractivity contribution in [1.29, 1.82) is 0 Å². The maximum Gasteiger partial charge on any atom is 0.330 e. The predicted molar refractivity (Wildman–Crippen MR) is 158 cm³/mol. The van der Waals surface area contributed by atoms with Crippen LogP contribution >= 0.6 is 0 Å². The highest BCUT2D eigenvalue weighted by Gasteiger charge is 2.16. The Labute approximate surface area is 242 Å². The molecule has 0 amide bonds. The number of halogens is 2. The van der Waals surface area contributed by atoms with Gasteiger partial charge in [-0.25, -0.2) is 9.18 Å². The molecule has 0 aliphatic rings. The van der Waals surface area contributed by atoms with E-state index in [0.29, 0.717) is 25.2 Å². The molecule has 0 aliphatic heterocycles. The molecule has 3 aromatic carbocycles. The van der Waals surface area contributed by atoms with Crippen LogP contribution < -0.4 is 9.47 Å². The van der Waals surface area contributed by atoms with Crippen LogP contribution in [0.15, 0.2) is 73.3 Å². The molecule has 0 aliphatic carbocycles. The average Bonchev–Trinajstić information content (AvgIpc) is 3.00. The highest BCUT2D eigenvalue weighted by Crippen LogP contribution is 2.32. The van der Waals surface area contributed by atoms with Gasteiger partial charge in [0.1, 0.15) is 5.75 Å². The number of methoxy groups -OCH3 is 1. The van der Waals surface area contributed by atoms with Gasteiger partial charge in [0, 0.05) is 25.4 Å². The molecule has 0 saturated heterocycles. The molecule has 5 nitrogen and oxygen atoms in total. The molecule has 0 fully saturated rings. The largest absolute Gasteiger partial charge is 0.494 e. The lowest BCUT2D eigenvalue weighted by atomic mass is 9.99.